The first-order chi connectivity index (χ1) is 10.8. The van der Waals surface area contributed by atoms with Crippen molar-refractivity contribution >= 4 is 12.4 Å². The molecule has 5 heteroatoms. The Hall–Kier alpha value is -3.21. The third kappa shape index (κ3) is 3.27. The number of aromatic hydroxyl groups is 1. The van der Waals surface area contributed by atoms with E-state index < -0.39 is 0 Å². The molecule has 108 valence electrons. The Balaban J connectivity index is 1.69. The molecule has 0 atom stereocenters. The quantitative estimate of drug-likeness (QED) is 0.593. The van der Waals surface area contributed by atoms with Crippen molar-refractivity contribution in [2.75, 3.05) is 0 Å². The van der Waals surface area contributed by atoms with Gasteiger partial charge in [-0.05, 0) is 24.3 Å². The Morgan fingerprint density at radius 1 is 0.909 bits per heavy atom. The van der Waals surface area contributed by atoms with Gasteiger partial charge in [-0.15, -0.1) is 0 Å². The van der Waals surface area contributed by atoms with Gasteiger partial charge >= 0.3 is 0 Å². The standard InChI is InChI=1S/C17H14N4O/c22-17-9-5-4-6-15(17)12-19-18-10-14-11-20-21(13-14)16-7-2-1-3-8-16/h1-13,22H/b18-10+,19-12+. The molecule has 22 heavy (non-hydrogen) atoms. The van der Waals surface area contributed by atoms with Crippen LogP contribution in [0.4, 0.5) is 0 Å². The molecule has 3 aromatic rings. The summed E-state index contributed by atoms with van der Waals surface area (Å²) in [5.74, 6) is 0.179. The van der Waals surface area contributed by atoms with Crippen LogP contribution >= 0.6 is 0 Å². The van der Waals surface area contributed by atoms with Gasteiger partial charge in [-0.2, -0.15) is 15.3 Å². The van der Waals surface area contributed by atoms with E-state index in [2.05, 4.69) is 15.3 Å². The molecule has 1 heterocycles. The Morgan fingerprint density at radius 3 is 2.45 bits per heavy atom. The largest absolute Gasteiger partial charge is 0.507 e. The van der Waals surface area contributed by atoms with Gasteiger partial charge in [0.15, 0.2) is 0 Å². The summed E-state index contributed by atoms with van der Waals surface area (Å²) >= 11 is 0. The van der Waals surface area contributed by atoms with Crippen LogP contribution in [0.3, 0.4) is 0 Å². The Morgan fingerprint density at radius 2 is 1.64 bits per heavy atom. The van der Waals surface area contributed by atoms with E-state index in [1.807, 2.05) is 42.6 Å². The SMILES string of the molecule is Oc1ccccc1/C=N/N=C/c1cnn(-c2ccccc2)c1. The number of hydrogen-bond donors (Lipinski definition) is 1. The normalized spacial score (nSPS) is 11.5. The van der Waals surface area contributed by atoms with E-state index in [0.29, 0.717) is 5.56 Å². The minimum absolute atomic E-state index is 0.179. The molecule has 0 aliphatic heterocycles. The zero-order chi connectivity index (χ0) is 15.2. The van der Waals surface area contributed by atoms with Crippen LogP contribution in [-0.2, 0) is 0 Å². The van der Waals surface area contributed by atoms with Gasteiger partial charge in [-0.1, -0.05) is 30.3 Å². The predicted octanol–water partition coefficient (Wildman–Crippen LogP) is 3.03. The monoisotopic (exact) mass is 290 g/mol. The molecular weight excluding hydrogens is 276 g/mol. The first-order valence-corrected chi connectivity index (χ1v) is 6.77. The van der Waals surface area contributed by atoms with Crippen LogP contribution < -0.4 is 0 Å². The van der Waals surface area contributed by atoms with Crippen molar-refractivity contribution in [1.82, 2.24) is 9.78 Å². The summed E-state index contributed by atoms with van der Waals surface area (Å²) in [5.41, 5.74) is 2.46. The second-order valence-corrected chi connectivity index (χ2v) is 4.60. The molecule has 0 spiro atoms. The van der Waals surface area contributed by atoms with Gasteiger partial charge in [-0.3, -0.25) is 0 Å². The van der Waals surface area contributed by atoms with Crippen LogP contribution in [-0.4, -0.2) is 27.3 Å². The van der Waals surface area contributed by atoms with Crippen molar-refractivity contribution in [3.63, 3.8) is 0 Å². The van der Waals surface area contributed by atoms with Crippen molar-refractivity contribution in [2.24, 2.45) is 10.2 Å². The highest BCUT2D eigenvalue weighted by Gasteiger charge is 1.98. The summed E-state index contributed by atoms with van der Waals surface area (Å²) in [7, 11) is 0. The predicted molar refractivity (Wildman–Crippen MR) is 86.9 cm³/mol. The fourth-order valence-corrected chi connectivity index (χ4v) is 1.92. The average molecular weight is 290 g/mol. The van der Waals surface area contributed by atoms with E-state index in [4.69, 9.17) is 0 Å². The summed E-state index contributed by atoms with van der Waals surface area (Å²) in [5, 5.41) is 21.8. The molecule has 1 aromatic heterocycles. The van der Waals surface area contributed by atoms with Crippen molar-refractivity contribution in [3.8, 4) is 11.4 Å². The van der Waals surface area contributed by atoms with Gasteiger partial charge in [0.1, 0.15) is 5.75 Å². The van der Waals surface area contributed by atoms with Gasteiger partial charge in [0, 0.05) is 17.3 Å². The van der Waals surface area contributed by atoms with Crippen LogP contribution in [0.2, 0.25) is 0 Å². The fraction of sp³-hybridized carbons (Fsp3) is 0. The van der Waals surface area contributed by atoms with Crippen LogP contribution in [0.15, 0.2) is 77.2 Å². The fourth-order valence-electron chi connectivity index (χ4n) is 1.92. The zero-order valence-electron chi connectivity index (χ0n) is 11.7. The van der Waals surface area contributed by atoms with Crippen LogP contribution in [0, 0.1) is 0 Å². The van der Waals surface area contributed by atoms with E-state index >= 15 is 0 Å². The number of phenolic OH excluding ortho intramolecular Hbond substituents is 1. The molecule has 5 nitrogen and oxygen atoms in total. The molecule has 0 amide bonds. The van der Waals surface area contributed by atoms with Crippen molar-refractivity contribution in [3.05, 3.63) is 78.1 Å². The molecule has 0 radical (unpaired) electrons. The number of hydrogen-bond acceptors (Lipinski definition) is 4. The number of nitrogens with zero attached hydrogens (tertiary/aromatic N) is 4. The van der Waals surface area contributed by atoms with Gasteiger partial charge in [0.25, 0.3) is 0 Å². The molecule has 0 fully saturated rings. The Bertz CT molecular complexity index is 806. The lowest BCUT2D eigenvalue weighted by Crippen LogP contribution is -1.92. The van der Waals surface area contributed by atoms with Crippen LogP contribution in [0.1, 0.15) is 11.1 Å². The summed E-state index contributed by atoms with van der Waals surface area (Å²) < 4.78 is 1.77. The molecule has 1 N–H and O–H groups in total. The second kappa shape index (κ2) is 6.49. The summed E-state index contributed by atoms with van der Waals surface area (Å²) in [6.07, 6.45) is 6.71. The highest BCUT2D eigenvalue weighted by atomic mass is 16.3. The van der Waals surface area contributed by atoms with Gasteiger partial charge in [-0.25, -0.2) is 4.68 Å². The molecule has 0 saturated carbocycles. The zero-order valence-corrected chi connectivity index (χ0v) is 11.7. The third-order valence-corrected chi connectivity index (χ3v) is 3.03. The van der Waals surface area contributed by atoms with Gasteiger partial charge in [0.05, 0.1) is 24.3 Å². The summed E-state index contributed by atoms with van der Waals surface area (Å²) in [6.45, 7) is 0. The first kappa shape index (κ1) is 13.8. The van der Waals surface area contributed by atoms with E-state index in [-0.39, 0.29) is 5.75 Å². The van der Waals surface area contributed by atoms with Gasteiger partial charge < -0.3 is 5.11 Å². The Kier molecular flexibility index (Phi) is 4.06. The lowest BCUT2D eigenvalue weighted by molar-refractivity contribution is 0.474. The molecular formula is C17H14N4O. The minimum atomic E-state index is 0.179. The van der Waals surface area contributed by atoms with Crippen molar-refractivity contribution in [1.29, 1.82) is 0 Å². The number of para-hydroxylation sites is 2. The van der Waals surface area contributed by atoms with Crippen LogP contribution in [0.25, 0.3) is 5.69 Å². The first-order valence-electron chi connectivity index (χ1n) is 6.77. The van der Waals surface area contributed by atoms with E-state index in [1.165, 1.54) is 6.21 Å². The number of benzene rings is 2. The van der Waals surface area contributed by atoms with E-state index in [9.17, 15) is 5.11 Å². The third-order valence-electron chi connectivity index (χ3n) is 3.03. The van der Waals surface area contributed by atoms with Crippen LogP contribution in [0.5, 0.6) is 5.75 Å². The molecule has 0 aliphatic rings. The molecule has 2 aromatic carbocycles. The molecule has 0 bridgehead atoms. The van der Waals surface area contributed by atoms with Crippen molar-refractivity contribution < 1.29 is 5.11 Å². The topological polar surface area (TPSA) is 62.8 Å². The number of aromatic nitrogens is 2. The number of phenols is 1. The molecule has 3 rings (SSSR count). The van der Waals surface area contributed by atoms with Gasteiger partial charge in [0.2, 0.25) is 0 Å². The second-order valence-electron chi connectivity index (χ2n) is 4.60. The smallest absolute Gasteiger partial charge is 0.124 e. The molecule has 0 unspecified atom stereocenters. The lowest BCUT2D eigenvalue weighted by atomic mass is 10.2. The number of rotatable bonds is 4. The Labute approximate surface area is 127 Å². The molecule has 0 saturated heterocycles. The van der Waals surface area contributed by atoms with Crippen molar-refractivity contribution in [2.45, 2.75) is 0 Å². The maximum atomic E-state index is 9.60. The lowest BCUT2D eigenvalue weighted by Gasteiger charge is -1.98. The summed E-state index contributed by atoms with van der Waals surface area (Å²) in [4.78, 5) is 0. The minimum Gasteiger partial charge on any atom is -0.507 e. The molecule has 0 aliphatic carbocycles. The average Bonchev–Trinajstić information content (AvgIpc) is 3.03. The summed E-state index contributed by atoms with van der Waals surface area (Å²) in [6, 6.07) is 16.8. The highest BCUT2D eigenvalue weighted by Crippen LogP contribution is 2.12. The van der Waals surface area contributed by atoms with E-state index in [0.717, 1.165) is 11.3 Å². The maximum absolute atomic E-state index is 9.60. The van der Waals surface area contributed by atoms with E-state index in [1.54, 1.807) is 35.3 Å². The maximum Gasteiger partial charge on any atom is 0.124 e. The highest BCUT2D eigenvalue weighted by molar-refractivity contribution is 5.84.